The number of nitrogens with zero attached hydrogens (tertiary/aromatic N) is 2. The molecule has 2 aromatic rings. The fourth-order valence-corrected chi connectivity index (χ4v) is 9.35. The van der Waals surface area contributed by atoms with Gasteiger partial charge in [-0.15, -0.1) is 0 Å². The normalized spacial score (nSPS) is 25.1. The average molecular weight is 889 g/mol. The summed E-state index contributed by atoms with van der Waals surface area (Å²) in [5, 5.41) is 17.4. The molecule has 3 heterocycles. The van der Waals surface area contributed by atoms with Crippen LogP contribution in [0.3, 0.4) is 0 Å². The van der Waals surface area contributed by atoms with Crippen LogP contribution < -0.4 is 10.6 Å². The zero-order valence-electron chi connectivity index (χ0n) is 38.6. The fourth-order valence-electron chi connectivity index (χ4n) is 9.35. The van der Waals surface area contributed by atoms with Crippen molar-refractivity contribution in [2.75, 3.05) is 20.7 Å². The van der Waals surface area contributed by atoms with Gasteiger partial charge in [-0.05, 0) is 74.9 Å². The molecule has 1 saturated carbocycles. The van der Waals surface area contributed by atoms with Crippen LogP contribution in [-0.2, 0) is 56.1 Å². The number of carbonyl (C=O) groups is 5. The molecule has 0 spiro atoms. The van der Waals surface area contributed by atoms with Crippen LogP contribution in [0.15, 0.2) is 54.6 Å². The quantitative estimate of drug-likeness (QED) is 0.0785. The lowest BCUT2D eigenvalue weighted by atomic mass is 9.62. The zero-order valence-corrected chi connectivity index (χ0v) is 38.6. The van der Waals surface area contributed by atoms with Crippen molar-refractivity contribution in [2.45, 2.75) is 166 Å². The number of nitrogens with one attached hydrogen (secondary N) is 2. The summed E-state index contributed by atoms with van der Waals surface area (Å²) in [6.45, 7) is 9.38. The van der Waals surface area contributed by atoms with Crippen LogP contribution in [0.5, 0.6) is 0 Å². The summed E-state index contributed by atoms with van der Waals surface area (Å²) in [4.78, 5) is 76.0. The van der Waals surface area contributed by atoms with E-state index in [-0.39, 0.29) is 44.9 Å². The first kappa shape index (κ1) is 48.8. The van der Waals surface area contributed by atoms with Crippen LogP contribution in [-0.4, -0.2) is 113 Å². The van der Waals surface area contributed by atoms with Gasteiger partial charge in [0.05, 0.1) is 19.2 Å². The number of amides is 3. The Labute approximate surface area is 377 Å². The molecule has 2 aromatic carbocycles. The lowest BCUT2D eigenvalue weighted by Crippen LogP contribution is -2.69. The number of fused-ring (bicyclic) bond motifs is 4. The van der Waals surface area contributed by atoms with E-state index < -0.39 is 77.1 Å². The Bertz CT molecular complexity index is 2010. The Morgan fingerprint density at radius 2 is 1.69 bits per heavy atom. The largest absolute Gasteiger partial charge is 0.460 e. The molecule has 2 bridgehead atoms. The van der Waals surface area contributed by atoms with Gasteiger partial charge in [-0.25, -0.2) is 0 Å². The average Bonchev–Trinajstić information content (AvgIpc) is 3.81. The van der Waals surface area contributed by atoms with Gasteiger partial charge in [-0.3, -0.25) is 28.8 Å². The summed E-state index contributed by atoms with van der Waals surface area (Å²) < 4.78 is 25.5. The smallest absolute Gasteiger partial charge is 0.327 e. The van der Waals surface area contributed by atoms with Gasteiger partial charge in [0.15, 0.2) is 11.8 Å². The molecule has 0 unspecified atom stereocenters. The van der Waals surface area contributed by atoms with Gasteiger partial charge in [0.25, 0.3) is 5.91 Å². The maximum atomic E-state index is 15.1. The highest BCUT2D eigenvalue weighted by Crippen LogP contribution is 2.58. The number of rotatable bonds is 21. The maximum absolute atomic E-state index is 15.1. The van der Waals surface area contributed by atoms with Crippen LogP contribution in [0.4, 0.5) is 0 Å². The first-order chi connectivity index (χ1) is 30.5. The van der Waals surface area contributed by atoms with E-state index in [2.05, 4.69) is 24.5 Å². The fraction of sp³-hybridized carbons (Fsp3) is 0.612. The molecule has 4 fully saturated rings. The van der Waals surface area contributed by atoms with Gasteiger partial charge in [0.1, 0.15) is 35.4 Å². The first-order valence-corrected chi connectivity index (χ1v) is 23.0. The number of aliphatic hydroxyl groups is 1. The molecule has 0 aromatic heterocycles. The van der Waals surface area contributed by atoms with Gasteiger partial charge < -0.3 is 39.6 Å². The van der Waals surface area contributed by atoms with Crippen LogP contribution in [0.25, 0.3) is 6.08 Å². The summed E-state index contributed by atoms with van der Waals surface area (Å²) in [6.07, 6.45) is 7.71. The van der Waals surface area contributed by atoms with Crippen molar-refractivity contribution in [3.63, 3.8) is 0 Å². The lowest BCUT2D eigenvalue weighted by Gasteiger charge is -2.48. The minimum atomic E-state index is -1.43. The summed E-state index contributed by atoms with van der Waals surface area (Å²) in [6, 6.07) is 12.5. The van der Waals surface area contributed by atoms with Crippen molar-refractivity contribution >= 4 is 35.7 Å². The van der Waals surface area contributed by atoms with E-state index in [1.165, 1.54) is 11.0 Å². The van der Waals surface area contributed by atoms with Crippen molar-refractivity contribution in [2.24, 2.45) is 5.41 Å². The van der Waals surface area contributed by atoms with Crippen molar-refractivity contribution in [3.05, 3.63) is 76.9 Å². The van der Waals surface area contributed by atoms with Gasteiger partial charge in [-0.1, -0.05) is 75.9 Å². The zero-order chi connectivity index (χ0) is 46.2. The third-order valence-electron chi connectivity index (χ3n) is 12.5. The predicted molar refractivity (Wildman–Crippen MR) is 238 cm³/mol. The van der Waals surface area contributed by atoms with Gasteiger partial charge in [0, 0.05) is 58.0 Å². The van der Waals surface area contributed by atoms with Crippen LogP contribution in [0, 0.1) is 5.41 Å². The second-order valence-corrected chi connectivity index (χ2v) is 18.8. The Balaban J connectivity index is 1.26. The number of benzene rings is 2. The minimum absolute atomic E-state index is 0.0208. The minimum Gasteiger partial charge on any atom is -0.460 e. The summed E-state index contributed by atoms with van der Waals surface area (Å²) in [5.74, 6) is -2.98. The lowest BCUT2D eigenvalue weighted by molar-refractivity contribution is -0.224. The molecule has 1 aliphatic carbocycles. The highest BCUT2D eigenvalue weighted by atomic mass is 16.8. The summed E-state index contributed by atoms with van der Waals surface area (Å²) in [7, 11) is 3.35. The van der Waals surface area contributed by atoms with Gasteiger partial charge >= 0.3 is 11.9 Å². The van der Waals surface area contributed by atoms with Gasteiger partial charge in [0.2, 0.25) is 11.8 Å². The van der Waals surface area contributed by atoms with Crippen molar-refractivity contribution < 1.29 is 52.9 Å². The van der Waals surface area contributed by atoms with Crippen molar-refractivity contribution in [1.29, 1.82) is 0 Å². The van der Waals surface area contributed by atoms with Gasteiger partial charge in [-0.2, -0.15) is 5.06 Å². The van der Waals surface area contributed by atoms with Crippen LogP contribution in [0.1, 0.15) is 132 Å². The summed E-state index contributed by atoms with van der Waals surface area (Å²) in [5.41, 5.74) is 0.361. The van der Waals surface area contributed by atoms with Crippen LogP contribution in [0.2, 0.25) is 0 Å². The molecule has 3 aliphatic heterocycles. The number of hydrogen-bond acceptors (Lipinski definition) is 12. The standard InChI is InChI=1S/C49H68N4O11/c1-8-10-14-25-48(26-15-11-9-2)62-40-37-28-49(46(59)50-29-32-17-16-20-34(27-32)44(57)51-36(31-54)22-24-39(56)61-47(3,4)5)42(45(58)60-37)53(64-43(49)41(40)63-48)30-35-19-13-12-18-33(35)21-23-38(55)52(6)7/h12-13,16-21,23,27,36-37,40-43,54H,8-11,14-15,22,24-26,28-31H2,1-7H3,(H,50,59)(H,51,57)/t36-,37+,40-,41-,42-,43+,49-/m0/s1. The number of aliphatic hydroxyl groups excluding tert-OH is 1. The third-order valence-corrected chi connectivity index (χ3v) is 12.5. The molecule has 3 saturated heterocycles. The molecular formula is C49H68N4O11. The van der Waals surface area contributed by atoms with E-state index in [4.69, 9.17) is 23.8 Å². The van der Waals surface area contributed by atoms with E-state index in [1.54, 1.807) is 70.3 Å². The van der Waals surface area contributed by atoms with E-state index >= 15 is 4.79 Å². The number of hydrogen-bond donors (Lipinski definition) is 3. The Hall–Kier alpha value is -4.67. The maximum Gasteiger partial charge on any atom is 0.327 e. The van der Waals surface area contributed by atoms with E-state index in [0.717, 1.165) is 49.7 Å². The van der Waals surface area contributed by atoms with Crippen molar-refractivity contribution in [1.82, 2.24) is 20.6 Å². The summed E-state index contributed by atoms with van der Waals surface area (Å²) >= 11 is 0. The second-order valence-electron chi connectivity index (χ2n) is 18.8. The Kier molecular flexibility index (Phi) is 16.1. The molecule has 64 heavy (non-hydrogen) atoms. The predicted octanol–water partition coefficient (Wildman–Crippen LogP) is 5.76. The van der Waals surface area contributed by atoms with E-state index in [0.29, 0.717) is 24.0 Å². The highest BCUT2D eigenvalue weighted by Gasteiger charge is 2.76. The molecular weight excluding hydrogens is 821 g/mol. The molecule has 15 nitrogen and oxygen atoms in total. The number of esters is 2. The number of hydroxylamine groups is 2. The molecule has 7 atom stereocenters. The Morgan fingerprint density at radius 1 is 0.984 bits per heavy atom. The van der Waals surface area contributed by atoms with Crippen LogP contribution >= 0.6 is 0 Å². The molecule has 6 rings (SSSR count). The SMILES string of the molecule is CCCCCC1(CCCCC)O[C@@H]2[C@H](O1)[C@H]1ON(Cc3ccccc3C=CC(=O)N(C)C)[C@H]3C(=O)O[C@@H]2C[C@@]13C(=O)NCc1cccc(C(=O)N[C@H](CO)CCC(=O)OC(C)(C)C)c1. The molecule has 350 valence electrons. The van der Waals surface area contributed by atoms with E-state index in [1.807, 2.05) is 24.3 Å². The highest BCUT2D eigenvalue weighted by molar-refractivity contribution is 5.95. The molecule has 3 N–H and O–H groups in total. The monoisotopic (exact) mass is 888 g/mol. The second kappa shape index (κ2) is 21.1. The molecule has 0 radical (unpaired) electrons. The number of unbranched alkanes of at least 4 members (excludes halogenated alkanes) is 4. The number of carbonyl (C=O) groups excluding carboxylic acids is 5. The third kappa shape index (κ3) is 11.2. The van der Waals surface area contributed by atoms with E-state index in [9.17, 15) is 24.3 Å². The first-order valence-electron chi connectivity index (χ1n) is 23.0. The Morgan fingerprint density at radius 3 is 2.36 bits per heavy atom. The molecule has 4 aliphatic rings. The number of likely N-dealkylation sites (N-methyl/N-ethyl adjacent to an activating group) is 1. The number of ether oxygens (including phenoxy) is 4. The molecule has 15 heteroatoms. The van der Waals surface area contributed by atoms with Crippen molar-refractivity contribution in [3.8, 4) is 0 Å². The molecule has 3 amide bonds. The topological polar surface area (TPSA) is 182 Å².